The van der Waals surface area contributed by atoms with Gasteiger partial charge in [0.05, 0.1) is 32.4 Å². The molecule has 9 heteroatoms. The van der Waals surface area contributed by atoms with Gasteiger partial charge in [0, 0.05) is 12.1 Å². The first-order valence-corrected chi connectivity index (χ1v) is 23.6. The molecule has 59 heavy (non-hydrogen) atoms. The van der Waals surface area contributed by atoms with E-state index in [1.165, 1.54) is 12.1 Å². The molecule has 0 saturated heterocycles. The number of nitro benzene ring substituents is 2. The Morgan fingerprint density at radius 3 is 0.746 bits per heavy atom. The Morgan fingerprint density at radius 1 is 0.322 bits per heavy atom. The molecule has 2 unspecified atom stereocenters. The smallest absolute Gasteiger partial charge is 0.274 e. The van der Waals surface area contributed by atoms with Crippen LogP contribution >= 0.6 is 0 Å². The van der Waals surface area contributed by atoms with Crippen LogP contribution in [0.2, 0.25) is 0 Å². The van der Waals surface area contributed by atoms with Gasteiger partial charge < -0.3 is 4.74 Å². The first-order chi connectivity index (χ1) is 29.0. The van der Waals surface area contributed by atoms with E-state index in [2.05, 4.69) is 72.8 Å². The Labute approximate surface area is 345 Å². The summed E-state index contributed by atoms with van der Waals surface area (Å²) >= 11 is 0. The highest BCUT2D eigenvalue weighted by Crippen LogP contribution is 2.43. The van der Waals surface area contributed by atoms with Gasteiger partial charge in [-0.1, -0.05) is 206 Å². The van der Waals surface area contributed by atoms with Gasteiger partial charge in [-0.25, -0.2) is 0 Å². The molecule has 8 aromatic rings. The lowest BCUT2D eigenvalue weighted by Gasteiger charge is -2.46. The molecular weight excluding hydrogens is 765 g/mol. The lowest BCUT2D eigenvalue weighted by atomic mass is 10.1. The molecule has 0 aliphatic rings. The van der Waals surface area contributed by atoms with Crippen LogP contribution in [0, 0.1) is 20.2 Å². The quantitative estimate of drug-likeness (QED) is 0.0486. The van der Waals surface area contributed by atoms with Gasteiger partial charge >= 0.3 is 0 Å². The highest BCUT2D eigenvalue weighted by Gasteiger charge is 2.56. The van der Waals surface area contributed by atoms with Crippen molar-refractivity contribution in [2.24, 2.45) is 0 Å². The second-order valence-electron chi connectivity index (χ2n) is 14.3. The van der Waals surface area contributed by atoms with Crippen LogP contribution in [-0.4, -0.2) is 26.0 Å². The third-order valence-corrected chi connectivity index (χ3v) is 21.2. The van der Waals surface area contributed by atoms with Crippen LogP contribution < -0.4 is 31.1 Å². The van der Waals surface area contributed by atoms with Crippen LogP contribution in [0.15, 0.2) is 231 Å². The van der Waals surface area contributed by atoms with Crippen molar-refractivity contribution in [1.29, 1.82) is 0 Å². The maximum atomic E-state index is 13.3. The summed E-state index contributed by atoms with van der Waals surface area (Å²) in [5.41, 5.74) is -1.43. The van der Waals surface area contributed by atoms with Gasteiger partial charge in [-0.2, -0.15) is 0 Å². The van der Waals surface area contributed by atoms with Crippen LogP contribution in [0.25, 0.3) is 0 Å². The van der Waals surface area contributed by atoms with Crippen molar-refractivity contribution in [2.45, 2.75) is 11.5 Å². The molecule has 2 atom stereocenters. The molecule has 0 saturated carbocycles. The fourth-order valence-electron chi connectivity index (χ4n) is 8.82. The third-order valence-electron chi connectivity index (χ3n) is 11.3. The van der Waals surface area contributed by atoms with E-state index in [9.17, 15) is 20.2 Å². The minimum Gasteiger partial charge on any atom is -0.370 e. The second kappa shape index (κ2) is 17.2. The summed E-state index contributed by atoms with van der Waals surface area (Å²) in [6.45, 7) is 0. The van der Waals surface area contributed by atoms with Gasteiger partial charge in [-0.15, -0.1) is 0 Å². The van der Waals surface area contributed by atoms with Crippen molar-refractivity contribution in [3.05, 3.63) is 262 Å². The van der Waals surface area contributed by atoms with Gasteiger partial charge in [-0.3, -0.25) is 20.2 Å². The van der Waals surface area contributed by atoms with E-state index < -0.39 is 27.6 Å². The summed E-state index contributed by atoms with van der Waals surface area (Å²) in [7, 11) is -7.34. The average molecular weight is 805 g/mol. The highest BCUT2D eigenvalue weighted by molar-refractivity contribution is 7.13. The zero-order valence-electron chi connectivity index (χ0n) is 32.0. The van der Waals surface area contributed by atoms with Crippen LogP contribution in [0.3, 0.4) is 0 Å². The van der Waals surface area contributed by atoms with Crippen molar-refractivity contribution >= 4 is 58.6 Å². The number of hydrogen-bond acceptors (Lipinski definition) is 5. The van der Waals surface area contributed by atoms with Gasteiger partial charge in [0.25, 0.3) is 11.4 Å². The van der Waals surface area contributed by atoms with E-state index in [0.29, 0.717) is 11.1 Å². The fraction of sp³-hybridized carbons (Fsp3) is 0.0400. The maximum Gasteiger partial charge on any atom is 0.274 e. The molecule has 8 aromatic carbocycles. The number of para-hydroxylation sites is 2. The number of benzene rings is 8. The number of nitro groups is 2. The van der Waals surface area contributed by atoms with Crippen molar-refractivity contribution in [3.63, 3.8) is 0 Å². The molecule has 0 amide bonds. The molecule has 0 radical (unpaired) electrons. The molecule has 0 aliphatic carbocycles. The minimum absolute atomic E-state index is 0.0927. The van der Waals surface area contributed by atoms with Crippen molar-refractivity contribution in [1.82, 2.24) is 0 Å². The third kappa shape index (κ3) is 7.12. The molecule has 0 bridgehead atoms. The number of rotatable bonds is 14. The lowest BCUT2D eigenvalue weighted by Crippen LogP contribution is -2.74. The van der Waals surface area contributed by atoms with E-state index in [-0.39, 0.29) is 21.2 Å². The molecule has 0 fully saturated rings. The second-order valence-corrected chi connectivity index (χ2v) is 22.1. The first-order valence-electron chi connectivity index (χ1n) is 19.4. The normalized spacial score (nSPS) is 12.6. The van der Waals surface area contributed by atoms with Gasteiger partial charge in [-0.05, 0) is 43.3 Å². The van der Waals surface area contributed by atoms with Crippen LogP contribution in [0.5, 0.6) is 0 Å². The molecule has 0 spiro atoms. The zero-order chi connectivity index (χ0) is 40.7. The first kappa shape index (κ1) is 38.8. The summed E-state index contributed by atoms with van der Waals surface area (Å²) in [5, 5.41) is 32.4. The standard InChI is InChI=1S/C50H40N2O5Si2/c53-51(54)47-37-21-19-35-45(47)49(58(39-23-7-1-8-24-39,40-25-9-2-10-26-40)41-27-11-3-12-28-41)57-50(46-36-20-22-38-48(46)52(55)56)59(42-29-13-4-14-30-42,43-31-15-5-16-32-43)44-33-17-6-18-34-44/h1-38,49-50H. The molecule has 0 heterocycles. The largest absolute Gasteiger partial charge is 0.370 e. The maximum absolute atomic E-state index is 13.3. The van der Waals surface area contributed by atoms with E-state index in [4.69, 9.17) is 4.74 Å². The molecular formula is C50H40N2O5Si2. The molecule has 7 nitrogen and oxygen atoms in total. The van der Waals surface area contributed by atoms with Crippen LogP contribution in [0.1, 0.15) is 22.6 Å². The molecule has 0 aromatic heterocycles. The van der Waals surface area contributed by atoms with Gasteiger partial charge in [0.15, 0.2) is 16.1 Å². The summed E-state index contributed by atoms with van der Waals surface area (Å²) in [6.07, 6.45) is 0. The van der Waals surface area contributed by atoms with Crippen molar-refractivity contribution < 1.29 is 14.6 Å². The Kier molecular flexibility index (Phi) is 11.3. The Balaban J connectivity index is 1.59. The molecule has 8 rings (SSSR count). The van der Waals surface area contributed by atoms with Gasteiger partial charge in [0.2, 0.25) is 0 Å². The SMILES string of the molecule is O=[N+]([O-])c1ccccc1C(OC(c1ccccc1[N+](=O)[O-])[Si](c1ccccc1)(c1ccccc1)c1ccccc1)[Si](c1ccccc1)(c1ccccc1)c1ccccc1. The summed E-state index contributed by atoms with van der Waals surface area (Å²) in [5.74, 6) is 0. The topological polar surface area (TPSA) is 95.5 Å². The average Bonchev–Trinajstić information content (AvgIpc) is 3.30. The Hall–Kier alpha value is -7.05. The summed E-state index contributed by atoms with van der Waals surface area (Å²) < 4.78 is 8.18. The van der Waals surface area contributed by atoms with E-state index in [1.54, 1.807) is 24.3 Å². The van der Waals surface area contributed by atoms with E-state index in [1.807, 2.05) is 121 Å². The highest BCUT2D eigenvalue weighted by atomic mass is 28.3. The monoisotopic (exact) mass is 804 g/mol. The Bertz CT molecular complexity index is 2280. The number of nitrogens with zero attached hydrogens (tertiary/aromatic N) is 2. The van der Waals surface area contributed by atoms with E-state index >= 15 is 0 Å². The molecule has 288 valence electrons. The Morgan fingerprint density at radius 2 is 0.525 bits per heavy atom. The zero-order valence-corrected chi connectivity index (χ0v) is 34.0. The number of ether oxygens (including phenoxy) is 1. The summed E-state index contributed by atoms with van der Waals surface area (Å²) in [6, 6.07) is 74.5. The fourth-order valence-corrected chi connectivity index (χ4v) is 19.2. The van der Waals surface area contributed by atoms with Crippen LogP contribution in [-0.2, 0) is 4.74 Å². The van der Waals surface area contributed by atoms with Crippen LogP contribution in [0.4, 0.5) is 11.4 Å². The number of hydrogen-bond donors (Lipinski definition) is 0. The van der Waals surface area contributed by atoms with E-state index in [0.717, 1.165) is 31.1 Å². The summed E-state index contributed by atoms with van der Waals surface area (Å²) in [4.78, 5) is 25.9. The van der Waals surface area contributed by atoms with Crippen molar-refractivity contribution in [3.8, 4) is 0 Å². The molecule has 0 N–H and O–H groups in total. The minimum atomic E-state index is -3.67. The van der Waals surface area contributed by atoms with Crippen molar-refractivity contribution in [2.75, 3.05) is 0 Å². The predicted octanol–water partition coefficient (Wildman–Crippen LogP) is 7.72. The predicted molar refractivity (Wildman–Crippen MR) is 241 cm³/mol. The lowest BCUT2D eigenvalue weighted by molar-refractivity contribution is -0.386. The van der Waals surface area contributed by atoms with Gasteiger partial charge in [0.1, 0.15) is 0 Å². The molecule has 0 aliphatic heterocycles.